The van der Waals surface area contributed by atoms with Gasteiger partial charge in [0.15, 0.2) is 0 Å². The summed E-state index contributed by atoms with van der Waals surface area (Å²) < 4.78 is 0. The van der Waals surface area contributed by atoms with E-state index < -0.39 is 0 Å². The average Bonchev–Trinajstić information content (AvgIpc) is 2.45. The minimum atomic E-state index is -0.0108. The van der Waals surface area contributed by atoms with E-state index in [1.165, 1.54) is 5.56 Å². The first-order valence-corrected chi connectivity index (χ1v) is 8.10. The van der Waals surface area contributed by atoms with Crippen molar-refractivity contribution in [2.75, 3.05) is 19.6 Å². The second-order valence-corrected chi connectivity index (χ2v) is 7.50. The topological polar surface area (TPSA) is 15.3 Å². The minimum absolute atomic E-state index is 0.0108. The van der Waals surface area contributed by atoms with Gasteiger partial charge in [-0.3, -0.25) is 4.90 Å². The van der Waals surface area contributed by atoms with Gasteiger partial charge in [-0.05, 0) is 17.9 Å². The molecule has 1 aromatic rings. The van der Waals surface area contributed by atoms with Crippen molar-refractivity contribution in [1.82, 2.24) is 10.2 Å². The molecule has 0 radical (unpaired) electrons. The highest BCUT2D eigenvalue weighted by Crippen LogP contribution is 2.32. The summed E-state index contributed by atoms with van der Waals surface area (Å²) >= 11 is 5.75. The fraction of sp³-hybridized carbons (Fsp3) is 0.556. The molecule has 0 bridgehead atoms. The zero-order valence-electron chi connectivity index (χ0n) is 13.6. The lowest BCUT2D eigenvalue weighted by molar-refractivity contribution is 0.0354. The van der Waals surface area contributed by atoms with Crippen LogP contribution in [0.25, 0.3) is 0 Å². The largest absolute Gasteiger partial charge is 0.305 e. The van der Waals surface area contributed by atoms with Gasteiger partial charge in [0.05, 0.1) is 5.54 Å². The molecule has 1 aliphatic rings. The van der Waals surface area contributed by atoms with Crippen LogP contribution < -0.4 is 5.32 Å². The normalized spacial score (nSPS) is 28.1. The number of nitrogens with one attached hydrogen (secondary N) is 1. The number of halogens is 1. The van der Waals surface area contributed by atoms with E-state index in [-0.39, 0.29) is 11.0 Å². The molecule has 3 heteroatoms. The summed E-state index contributed by atoms with van der Waals surface area (Å²) in [4.78, 5) is 2.54. The Morgan fingerprint density at radius 2 is 2.00 bits per heavy atom. The van der Waals surface area contributed by atoms with Crippen LogP contribution >= 0.6 is 11.6 Å². The minimum Gasteiger partial charge on any atom is -0.305 e. The zero-order valence-corrected chi connectivity index (χ0v) is 14.3. The van der Waals surface area contributed by atoms with Crippen LogP contribution in [-0.2, 0) is 5.54 Å². The highest BCUT2D eigenvalue weighted by molar-refractivity contribution is 6.25. The highest BCUT2D eigenvalue weighted by Gasteiger charge is 2.40. The zero-order chi connectivity index (χ0) is 15.5. The summed E-state index contributed by atoms with van der Waals surface area (Å²) in [5, 5.41) is 3.78. The molecule has 1 aliphatic heterocycles. The van der Waals surface area contributed by atoms with Gasteiger partial charge in [0.2, 0.25) is 0 Å². The van der Waals surface area contributed by atoms with Crippen LogP contribution in [0.1, 0.15) is 33.3 Å². The quantitative estimate of drug-likeness (QED) is 0.909. The first-order chi connectivity index (χ1) is 9.87. The Labute approximate surface area is 134 Å². The van der Waals surface area contributed by atoms with E-state index in [4.69, 9.17) is 11.6 Å². The number of hydrogen-bond donors (Lipinski definition) is 1. The predicted octanol–water partition coefficient (Wildman–Crippen LogP) is 3.97. The standard InChI is InChI=1S/C18H27ClN2/c1-17(2,3)16-13-20-18(4,14-21(16)12-8-11-19)15-9-6-5-7-10-15/h5-11,16,20H,12-14H2,1-4H3/b11-8+. The Morgan fingerprint density at radius 3 is 2.57 bits per heavy atom. The highest BCUT2D eigenvalue weighted by atomic mass is 35.5. The Bertz CT molecular complexity index is 478. The van der Waals surface area contributed by atoms with Crippen molar-refractivity contribution in [2.24, 2.45) is 5.41 Å². The second kappa shape index (κ2) is 6.51. The number of hydrogen-bond acceptors (Lipinski definition) is 2. The van der Waals surface area contributed by atoms with Gasteiger partial charge in [-0.1, -0.05) is 68.8 Å². The first-order valence-electron chi connectivity index (χ1n) is 7.67. The fourth-order valence-electron chi connectivity index (χ4n) is 3.24. The summed E-state index contributed by atoms with van der Waals surface area (Å²) in [7, 11) is 0. The summed E-state index contributed by atoms with van der Waals surface area (Å²) in [5.41, 5.74) is 3.20. The molecule has 2 rings (SSSR count). The lowest BCUT2D eigenvalue weighted by Gasteiger charge is -2.50. The van der Waals surface area contributed by atoms with Gasteiger partial charge in [-0.2, -0.15) is 0 Å². The Balaban J connectivity index is 2.23. The summed E-state index contributed by atoms with van der Waals surface area (Å²) in [6.07, 6.45) is 2.04. The summed E-state index contributed by atoms with van der Waals surface area (Å²) in [6, 6.07) is 11.2. The van der Waals surface area contributed by atoms with Gasteiger partial charge < -0.3 is 5.32 Å². The van der Waals surface area contributed by atoms with Crippen molar-refractivity contribution in [1.29, 1.82) is 0 Å². The SMILES string of the molecule is CC1(c2ccccc2)CN(C/C=C/Cl)C(C(C)(C)C)CN1. The third-order valence-electron chi connectivity index (χ3n) is 4.49. The maximum absolute atomic E-state index is 5.75. The third kappa shape index (κ3) is 3.88. The molecule has 1 saturated heterocycles. The molecule has 1 aromatic carbocycles. The molecule has 1 fully saturated rings. The number of benzene rings is 1. The second-order valence-electron chi connectivity index (χ2n) is 7.25. The van der Waals surface area contributed by atoms with Crippen molar-refractivity contribution < 1.29 is 0 Å². The van der Waals surface area contributed by atoms with Gasteiger partial charge in [0.1, 0.15) is 0 Å². The molecular weight excluding hydrogens is 280 g/mol. The van der Waals surface area contributed by atoms with Gasteiger partial charge in [0, 0.05) is 31.2 Å². The molecule has 2 atom stereocenters. The summed E-state index contributed by atoms with van der Waals surface area (Å²) in [6.45, 7) is 12.1. The molecule has 116 valence electrons. The molecule has 2 nitrogen and oxygen atoms in total. The molecular formula is C18H27ClN2. The van der Waals surface area contributed by atoms with E-state index in [1.807, 2.05) is 6.08 Å². The molecule has 0 aromatic heterocycles. The van der Waals surface area contributed by atoms with Crippen molar-refractivity contribution in [3.63, 3.8) is 0 Å². The van der Waals surface area contributed by atoms with Crippen LogP contribution in [0.2, 0.25) is 0 Å². The fourth-order valence-corrected chi connectivity index (χ4v) is 3.32. The Morgan fingerprint density at radius 1 is 1.33 bits per heavy atom. The van der Waals surface area contributed by atoms with E-state index in [2.05, 4.69) is 68.2 Å². The Hall–Kier alpha value is -0.830. The molecule has 1 N–H and O–H groups in total. The van der Waals surface area contributed by atoms with Crippen LogP contribution in [-0.4, -0.2) is 30.6 Å². The lowest BCUT2D eigenvalue weighted by atomic mass is 9.80. The smallest absolute Gasteiger partial charge is 0.0535 e. The molecule has 0 amide bonds. The van der Waals surface area contributed by atoms with E-state index >= 15 is 0 Å². The molecule has 1 heterocycles. The van der Waals surface area contributed by atoms with Crippen LogP contribution in [0.3, 0.4) is 0 Å². The lowest BCUT2D eigenvalue weighted by Crippen LogP contribution is -2.64. The number of rotatable bonds is 3. The van der Waals surface area contributed by atoms with Gasteiger partial charge in [-0.25, -0.2) is 0 Å². The van der Waals surface area contributed by atoms with E-state index in [0.717, 1.165) is 19.6 Å². The average molecular weight is 307 g/mol. The molecule has 0 aliphatic carbocycles. The van der Waals surface area contributed by atoms with Crippen LogP contribution in [0.4, 0.5) is 0 Å². The first kappa shape index (κ1) is 16.5. The van der Waals surface area contributed by atoms with Crippen LogP contribution in [0.15, 0.2) is 41.9 Å². The molecule has 0 saturated carbocycles. The predicted molar refractivity (Wildman–Crippen MR) is 91.6 cm³/mol. The number of piperazine rings is 1. The van der Waals surface area contributed by atoms with Crippen molar-refractivity contribution in [2.45, 2.75) is 39.3 Å². The van der Waals surface area contributed by atoms with E-state index in [9.17, 15) is 0 Å². The monoisotopic (exact) mass is 306 g/mol. The van der Waals surface area contributed by atoms with E-state index in [1.54, 1.807) is 5.54 Å². The molecule has 0 spiro atoms. The van der Waals surface area contributed by atoms with Crippen LogP contribution in [0.5, 0.6) is 0 Å². The van der Waals surface area contributed by atoms with E-state index in [0.29, 0.717) is 6.04 Å². The van der Waals surface area contributed by atoms with Gasteiger partial charge in [-0.15, -0.1) is 0 Å². The molecule has 2 unspecified atom stereocenters. The van der Waals surface area contributed by atoms with Crippen molar-refractivity contribution in [3.05, 3.63) is 47.5 Å². The van der Waals surface area contributed by atoms with Crippen molar-refractivity contribution >= 4 is 11.6 Å². The van der Waals surface area contributed by atoms with Gasteiger partial charge in [0.25, 0.3) is 0 Å². The number of nitrogens with zero attached hydrogens (tertiary/aromatic N) is 1. The maximum Gasteiger partial charge on any atom is 0.0535 e. The third-order valence-corrected chi connectivity index (χ3v) is 4.66. The van der Waals surface area contributed by atoms with Gasteiger partial charge >= 0.3 is 0 Å². The molecule has 21 heavy (non-hydrogen) atoms. The maximum atomic E-state index is 5.75. The summed E-state index contributed by atoms with van der Waals surface area (Å²) in [5.74, 6) is 0. The van der Waals surface area contributed by atoms with Crippen molar-refractivity contribution in [3.8, 4) is 0 Å². The Kier molecular flexibility index (Phi) is 5.13. The van der Waals surface area contributed by atoms with Crippen LogP contribution in [0, 0.1) is 5.41 Å².